The summed E-state index contributed by atoms with van der Waals surface area (Å²) in [5.74, 6) is 1.08. The van der Waals surface area contributed by atoms with E-state index in [9.17, 15) is 8.42 Å². The van der Waals surface area contributed by atoms with Crippen molar-refractivity contribution >= 4 is 15.7 Å². The topological polar surface area (TPSA) is 55.4 Å². The van der Waals surface area contributed by atoms with Crippen LogP contribution in [0.2, 0.25) is 0 Å². The molecule has 0 aliphatic carbocycles. The zero-order valence-corrected chi connectivity index (χ0v) is 14.0. The van der Waals surface area contributed by atoms with Crippen LogP contribution in [0, 0.1) is 6.92 Å². The second-order valence-corrected chi connectivity index (χ2v) is 7.01. The van der Waals surface area contributed by atoms with Crippen LogP contribution in [0.4, 0.5) is 5.69 Å². The van der Waals surface area contributed by atoms with Crippen molar-refractivity contribution in [1.82, 2.24) is 0 Å². The van der Waals surface area contributed by atoms with Gasteiger partial charge in [0.2, 0.25) is 0 Å². The van der Waals surface area contributed by atoms with Crippen molar-refractivity contribution < 1.29 is 13.2 Å². The van der Waals surface area contributed by atoms with Crippen molar-refractivity contribution in [2.75, 3.05) is 4.72 Å². The number of hydrogen-bond donors (Lipinski definition) is 1. The van der Waals surface area contributed by atoms with Gasteiger partial charge in [-0.2, -0.15) is 0 Å². The van der Waals surface area contributed by atoms with Crippen molar-refractivity contribution in [3.8, 4) is 11.5 Å². The van der Waals surface area contributed by atoms with Crippen LogP contribution in [0.1, 0.15) is 5.56 Å². The third-order valence-corrected chi connectivity index (χ3v) is 4.82. The van der Waals surface area contributed by atoms with Gasteiger partial charge in [0.1, 0.15) is 5.75 Å². The minimum absolute atomic E-state index is 0.211. The van der Waals surface area contributed by atoms with E-state index < -0.39 is 10.0 Å². The molecule has 3 aromatic rings. The molecule has 1 N–H and O–H groups in total. The summed E-state index contributed by atoms with van der Waals surface area (Å²) >= 11 is 0. The van der Waals surface area contributed by atoms with Crippen LogP contribution in [-0.2, 0) is 10.0 Å². The van der Waals surface area contributed by atoms with Gasteiger partial charge in [0.25, 0.3) is 10.0 Å². The Morgan fingerprint density at radius 2 is 1.42 bits per heavy atom. The average Bonchev–Trinajstić information content (AvgIpc) is 2.58. The number of sulfonamides is 1. The molecule has 0 heterocycles. The molecule has 0 saturated carbocycles. The second kappa shape index (κ2) is 6.76. The van der Waals surface area contributed by atoms with Gasteiger partial charge in [-0.25, -0.2) is 8.42 Å². The van der Waals surface area contributed by atoms with Gasteiger partial charge in [-0.15, -0.1) is 0 Å². The largest absolute Gasteiger partial charge is 0.455 e. The van der Waals surface area contributed by atoms with E-state index in [1.807, 2.05) is 37.3 Å². The van der Waals surface area contributed by atoms with Gasteiger partial charge in [-0.3, -0.25) is 4.72 Å². The van der Waals surface area contributed by atoms with Gasteiger partial charge in [0.15, 0.2) is 5.75 Å². The molecule has 4 nitrogen and oxygen atoms in total. The highest BCUT2D eigenvalue weighted by Gasteiger charge is 2.16. The first-order valence-electron chi connectivity index (χ1n) is 7.46. The van der Waals surface area contributed by atoms with Crippen LogP contribution in [-0.4, -0.2) is 8.42 Å². The SMILES string of the molecule is Cc1ccc(S(=O)(=O)Nc2ccccc2Oc2ccccc2)cc1. The molecule has 0 saturated heterocycles. The highest BCUT2D eigenvalue weighted by molar-refractivity contribution is 7.92. The van der Waals surface area contributed by atoms with Crippen LogP contribution in [0.15, 0.2) is 83.8 Å². The lowest BCUT2D eigenvalue weighted by molar-refractivity contribution is 0.485. The molecule has 24 heavy (non-hydrogen) atoms. The molecule has 0 aliphatic rings. The van der Waals surface area contributed by atoms with E-state index in [1.165, 1.54) is 0 Å². The van der Waals surface area contributed by atoms with Gasteiger partial charge in [0.05, 0.1) is 10.6 Å². The van der Waals surface area contributed by atoms with E-state index in [4.69, 9.17) is 4.74 Å². The average molecular weight is 339 g/mol. The molecule has 0 bridgehead atoms. The number of hydrogen-bond acceptors (Lipinski definition) is 3. The Kier molecular flexibility index (Phi) is 4.53. The van der Waals surface area contributed by atoms with Gasteiger partial charge < -0.3 is 4.74 Å². The molecular formula is C19H17NO3S. The van der Waals surface area contributed by atoms with Crippen LogP contribution in [0.3, 0.4) is 0 Å². The molecule has 122 valence electrons. The predicted octanol–water partition coefficient (Wildman–Crippen LogP) is 4.59. The molecule has 0 amide bonds. The Bertz CT molecular complexity index is 920. The highest BCUT2D eigenvalue weighted by Crippen LogP contribution is 2.30. The molecule has 0 aliphatic heterocycles. The van der Waals surface area contributed by atoms with Crippen LogP contribution in [0.5, 0.6) is 11.5 Å². The molecule has 3 aromatic carbocycles. The number of para-hydroxylation sites is 3. The Labute approximate surface area is 141 Å². The molecule has 0 radical (unpaired) electrons. The quantitative estimate of drug-likeness (QED) is 0.740. The maximum absolute atomic E-state index is 12.6. The summed E-state index contributed by atoms with van der Waals surface area (Å²) in [6, 6.07) is 22.9. The Morgan fingerprint density at radius 3 is 2.12 bits per heavy atom. The summed E-state index contributed by atoms with van der Waals surface area (Å²) in [5, 5.41) is 0. The third-order valence-electron chi connectivity index (χ3n) is 3.43. The summed E-state index contributed by atoms with van der Waals surface area (Å²) in [6.07, 6.45) is 0. The minimum atomic E-state index is -3.67. The first kappa shape index (κ1) is 16.1. The fraction of sp³-hybridized carbons (Fsp3) is 0.0526. The van der Waals surface area contributed by atoms with Gasteiger partial charge in [-0.1, -0.05) is 48.0 Å². The number of anilines is 1. The maximum Gasteiger partial charge on any atom is 0.262 e. The molecule has 0 aromatic heterocycles. The zero-order chi connectivity index (χ0) is 17.0. The molecular weight excluding hydrogens is 322 g/mol. The van der Waals surface area contributed by atoms with Gasteiger partial charge in [-0.05, 0) is 43.3 Å². The van der Waals surface area contributed by atoms with Crippen LogP contribution in [0.25, 0.3) is 0 Å². The first-order valence-corrected chi connectivity index (χ1v) is 8.94. The zero-order valence-electron chi connectivity index (χ0n) is 13.1. The monoisotopic (exact) mass is 339 g/mol. The van der Waals surface area contributed by atoms with Crippen molar-refractivity contribution in [2.45, 2.75) is 11.8 Å². The van der Waals surface area contributed by atoms with E-state index in [0.29, 0.717) is 17.2 Å². The van der Waals surface area contributed by atoms with E-state index in [1.54, 1.807) is 48.5 Å². The summed E-state index contributed by atoms with van der Waals surface area (Å²) in [5.41, 5.74) is 1.39. The third kappa shape index (κ3) is 3.75. The number of nitrogens with one attached hydrogen (secondary N) is 1. The van der Waals surface area contributed by atoms with Crippen molar-refractivity contribution in [2.24, 2.45) is 0 Å². The highest BCUT2D eigenvalue weighted by atomic mass is 32.2. The number of benzene rings is 3. The van der Waals surface area contributed by atoms with Crippen molar-refractivity contribution in [3.05, 3.63) is 84.4 Å². The standard InChI is InChI=1S/C19H17NO3S/c1-15-11-13-17(14-12-15)24(21,22)20-18-9-5-6-10-19(18)23-16-7-3-2-4-8-16/h2-14,20H,1H3. The number of rotatable bonds is 5. The first-order chi connectivity index (χ1) is 11.5. The van der Waals surface area contributed by atoms with Crippen molar-refractivity contribution in [3.63, 3.8) is 0 Å². The fourth-order valence-electron chi connectivity index (χ4n) is 2.18. The molecule has 5 heteroatoms. The summed E-state index contributed by atoms with van der Waals surface area (Å²) in [7, 11) is -3.67. The number of ether oxygens (including phenoxy) is 1. The van der Waals surface area contributed by atoms with E-state index in [2.05, 4.69) is 4.72 Å². The lowest BCUT2D eigenvalue weighted by atomic mass is 10.2. The second-order valence-electron chi connectivity index (χ2n) is 5.33. The molecule has 0 unspecified atom stereocenters. The Balaban J connectivity index is 1.89. The van der Waals surface area contributed by atoms with E-state index in [-0.39, 0.29) is 4.90 Å². The molecule has 0 atom stereocenters. The van der Waals surface area contributed by atoms with E-state index >= 15 is 0 Å². The molecule has 0 spiro atoms. The molecule has 0 fully saturated rings. The Morgan fingerprint density at radius 1 is 0.792 bits per heavy atom. The predicted molar refractivity (Wildman–Crippen MR) is 94.9 cm³/mol. The summed E-state index contributed by atoms with van der Waals surface area (Å²) < 4.78 is 33.5. The maximum atomic E-state index is 12.6. The van der Waals surface area contributed by atoms with Crippen molar-refractivity contribution in [1.29, 1.82) is 0 Å². The van der Waals surface area contributed by atoms with E-state index in [0.717, 1.165) is 5.56 Å². The Hall–Kier alpha value is -2.79. The number of aryl methyl sites for hydroxylation is 1. The van der Waals surface area contributed by atoms with Gasteiger partial charge >= 0.3 is 0 Å². The molecule has 3 rings (SSSR count). The lowest BCUT2D eigenvalue weighted by Crippen LogP contribution is -2.13. The van der Waals surface area contributed by atoms with Crippen LogP contribution >= 0.6 is 0 Å². The minimum Gasteiger partial charge on any atom is -0.455 e. The fourth-order valence-corrected chi connectivity index (χ4v) is 3.25. The summed E-state index contributed by atoms with van der Waals surface area (Å²) in [6.45, 7) is 1.91. The van der Waals surface area contributed by atoms with Crippen LogP contribution < -0.4 is 9.46 Å². The summed E-state index contributed by atoms with van der Waals surface area (Å²) in [4.78, 5) is 0.211. The normalized spacial score (nSPS) is 11.0. The van der Waals surface area contributed by atoms with Gasteiger partial charge in [0, 0.05) is 0 Å². The lowest BCUT2D eigenvalue weighted by Gasteiger charge is -2.13. The smallest absolute Gasteiger partial charge is 0.262 e.